The van der Waals surface area contributed by atoms with E-state index in [1.807, 2.05) is 13.8 Å². The van der Waals surface area contributed by atoms with Crippen LogP contribution in [0, 0.1) is 13.8 Å². The van der Waals surface area contributed by atoms with Crippen molar-refractivity contribution in [2.75, 3.05) is 13.6 Å². The molecule has 0 radical (unpaired) electrons. The van der Waals surface area contributed by atoms with Gasteiger partial charge in [-0.3, -0.25) is 0 Å². The van der Waals surface area contributed by atoms with E-state index < -0.39 is 10.0 Å². The van der Waals surface area contributed by atoms with E-state index in [1.165, 1.54) is 17.1 Å². The summed E-state index contributed by atoms with van der Waals surface area (Å²) in [6, 6.07) is 4.47. The minimum atomic E-state index is -3.47. The van der Waals surface area contributed by atoms with Crippen molar-refractivity contribution in [3.8, 4) is 0 Å². The van der Waals surface area contributed by atoms with E-state index in [9.17, 15) is 8.42 Å². The van der Waals surface area contributed by atoms with Gasteiger partial charge in [0.15, 0.2) is 0 Å². The lowest BCUT2D eigenvalue weighted by Crippen LogP contribution is -2.28. The lowest BCUT2D eigenvalue weighted by atomic mass is 10.1. The maximum absolute atomic E-state index is 12.7. The highest BCUT2D eigenvalue weighted by Gasteiger charge is 2.24. The van der Waals surface area contributed by atoms with E-state index in [1.54, 1.807) is 19.2 Å². The molecule has 1 aromatic rings. The smallest absolute Gasteiger partial charge is 0.243 e. The average Bonchev–Trinajstić information content (AvgIpc) is 3.24. The highest BCUT2D eigenvalue weighted by Crippen LogP contribution is 2.25. The summed E-state index contributed by atoms with van der Waals surface area (Å²) in [6.45, 7) is 8.46. The number of likely N-dealkylation sites (N-methyl/N-ethyl adjacent to an activating group) is 1. The van der Waals surface area contributed by atoms with Gasteiger partial charge in [0.1, 0.15) is 0 Å². The zero-order valence-corrected chi connectivity index (χ0v) is 13.8. The van der Waals surface area contributed by atoms with Crippen LogP contribution in [0.5, 0.6) is 0 Å². The van der Waals surface area contributed by atoms with Crippen LogP contribution in [0.2, 0.25) is 0 Å². The fourth-order valence-electron chi connectivity index (χ4n) is 2.27. The van der Waals surface area contributed by atoms with Gasteiger partial charge < -0.3 is 5.32 Å². The van der Waals surface area contributed by atoms with Crippen LogP contribution in [0.3, 0.4) is 0 Å². The molecule has 1 aliphatic rings. The number of aryl methyl sites for hydroxylation is 1. The molecule has 2 rings (SSSR count). The van der Waals surface area contributed by atoms with E-state index in [4.69, 9.17) is 0 Å². The van der Waals surface area contributed by atoms with Gasteiger partial charge in [-0.1, -0.05) is 12.1 Å². The van der Waals surface area contributed by atoms with E-state index >= 15 is 0 Å². The summed E-state index contributed by atoms with van der Waals surface area (Å²) in [5, 5.41) is 3.43. The van der Waals surface area contributed by atoms with Crippen molar-refractivity contribution in [3.63, 3.8) is 0 Å². The second kappa shape index (κ2) is 6.30. The number of benzene rings is 1. The standard InChI is InChI=1S/C16H24N2O2S/c1-5-8-18(4)21(19,20)16-10-14(9-12(2)13(16)3)11-17-15-6-7-15/h5,9-10,15,17H,1,6-8,11H2,2-4H3. The fraction of sp³-hybridized carbons (Fsp3) is 0.500. The summed E-state index contributed by atoms with van der Waals surface area (Å²) in [5.74, 6) is 0. The molecule has 0 bridgehead atoms. The summed E-state index contributed by atoms with van der Waals surface area (Å²) in [6.07, 6.45) is 4.04. The van der Waals surface area contributed by atoms with Crippen molar-refractivity contribution in [3.05, 3.63) is 41.5 Å². The van der Waals surface area contributed by atoms with Gasteiger partial charge in [0.2, 0.25) is 10.0 Å². The lowest BCUT2D eigenvalue weighted by Gasteiger charge is -2.19. The Balaban J connectivity index is 2.34. The van der Waals surface area contributed by atoms with Crippen LogP contribution in [0.25, 0.3) is 0 Å². The molecular weight excluding hydrogens is 284 g/mol. The Bertz CT molecular complexity index is 634. The highest BCUT2D eigenvalue weighted by molar-refractivity contribution is 7.89. The number of hydrogen-bond donors (Lipinski definition) is 1. The Morgan fingerprint density at radius 2 is 2.05 bits per heavy atom. The number of rotatable bonds is 7. The molecular formula is C16H24N2O2S. The van der Waals surface area contributed by atoms with Crippen LogP contribution >= 0.6 is 0 Å². The van der Waals surface area contributed by atoms with Gasteiger partial charge in [-0.15, -0.1) is 6.58 Å². The number of nitrogens with zero attached hydrogens (tertiary/aromatic N) is 1. The zero-order valence-electron chi connectivity index (χ0n) is 13.0. The van der Waals surface area contributed by atoms with Gasteiger partial charge >= 0.3 is 0 Å². The molecule has 116 valence electrons. The van der Waals surface area contributed by atoms with E-state index in [2.05, 4.69) is 18.0 Å². The number of sulfonamides is 1. The summed E-state index contributed by atoms with van der Waals surface area (Å²) in [5.41, 5.74) is 2.85. The molecule has 0 aliphatic heterocycles. The minimum absolute atomic E-state index is 0.311. The predicted molar refractivity (Wildman–Crippen MR) is 85.8 cm³/mol. The lowest BCUT2D eigenvalue weighted by molar-refractivity contribution is 0.498. The predicted octanol–water partition coefficient (Wildman–Crippen LogP) is 2.36. The zero-order chi connectivity index (χ0) is 15.6. The van der Waals surface area contributed by atoms with Crippen molar-refractivity contribution >= 4 is 10.0 Å². The van der Waals surface area contributed by atoms with Crippen LogP contribution < -0.4 is 5.32 Å². The second-order valence-electron chi connectivity index (χ2n) is 5.77. The van der Waals surface area contributed by atoms with Crippen LogP contribution in [-0.2, 0) is 16.6 Å². The van der Waals surface area contributed by atoms with Crippen molar-refractivity contribution in [2.45, 2.75) is 44.2 Å². The maximum Gasteiger partial charge on any atom is 0.243 e. The largest absolute Gasteiger partial charge is 0.310 e. The number of nitrogens with one attached hydrogen (secondary N) is 1. The molecule has 4 nitrogen and oxygen atoms in total. The Labute approximate surface area is 127 Å². The monoisotopic (exact) mass is 308 g/mol. The molecule has 1 saturated carbocycles. The normalized spacial score (nSPS) is 15.4. The Morgan fingerprint density at radius 1 is 1.38 bits per heavy atom. The first-order valence-electron chi connectivity index (χ1n) is 7.27. The molecule has 0 amide bonds. The summed E-state index contributed by atoms with van der Waals surface area (Å²) in [7, 11) is -1.88. The van der Waals surface area contributed by atoms with E-state index in [-0.39, 0.29) is 0 Å². The van der Waals surface area contributed by atoms with Gasteiger partial charge in [-0.25, -0.2) is 8.42 Å². The molecule has 1 N–H and O–H groups in total. The van der Waals surface area contributed by atoms with Crippen molar-refractivity contribution in [1.82, 2.24) is 9.62 Å². The molecule has 5 heteroatoms. The first-order valence-corrected chi connectivity index (χ1v) is 8.71. The summed E-state index contributed by atoms with van der Waals surface area (Å²) in [4.78, 5) is 0.402. The fourth-order valence-corrected chi connectivity index (χ4v) is 3.75. The van der Waals surface area contributed by atoms with Crippen LogP contribution in [0.1, 0.15) is 29.5 Å². The second-order valence-corrected chi connectivity index (χ2v) is 7.78. The van der Waals surface area contributed by atoms with Crippen molar-refractivity contribution < 1.29 is 8.42 Å². The van der Waals surface area contributed by atoms with Gasteiger partial charge in [0, 0.05) is 26.2 Å². The van der Waals surface area contributed by atoms with Gasteiger partial charge in [0.05, 0.1) is 4.90 Å². The van der Waals surface area contributed by atoms with Crippen LogP contribution in [-0.4, -0.2) is 32.4 Å². The molecule has 1 aromatic carbocycles. The first-order chi connectivity index (χ1) is 9.86. The van der Waals surface area contributed by atoms with E-state index in [0.717, 1.165) is 23.2 Å². The van der Waals surface area contributed by atoms with Crippen molar-refractivity contribution in [1.29, 1.82) is 0 Å². The van der Waals surface area contributed by atoms with Gasteiger partial charge in [-0.05, 0) is 49.4 Å². The summed E-state index contributed by atoms with van der Waals surface area (Å²) < 4.78 is 26.6. The minimum Gasteiger partial charge on any atom is -0.310 e. The molecule has 1 fully saturated rings. The topological polar surface area (TPSA) is 49.4 Å². The molecule has 0 heterocycles. The maximum atomic E-state index is 12.7. The van der Waals surface area contributed by atoms with Gasteiger partial charge in [0.25, 0.3) is 0 Å². The Hall–Kier alpha value is -1.17. The van der Waals surface area contributed by atoms with Crippen LogP contribution in [0.15, 0.2) is 29.7 Å². The molecule has 0 unspecified atom stereocenters. The Morgan fingerprint density at radius 3 is 2.62 bits per heavy atom. The third-order valence-electron chi connectivity index (χ3n) is 3.93. The first kappa shape index (κ1) is 16.2. The number of hydrogen-bond acceptors (Lipinski definition) is 3. The van der Waals surface area contributed by atoms with Crippen molar-refractivity contribution in [2.24, 2.45) is 0 Å². The van der Waals surface area contributed by atoms with Crippen LogP contribution in [0.4, 0.5) is 0 Å². The average molecular weight is 308 g/mol. The SMILES string of the molecule is C=CCN(C)S(=O)(=O)c1cc(CNC2CC2)cc(C)c1C. The Kier molecular flexibility index (Phi) is 4.86. The molecule has 0 atom stereocenters. The molecule has 21 heavy (non-hydrogen) atoms. The van der Waals surface area contributed by atoms with E-state index in [0.29, 0.717) is 17.5 Å². The van der Waals surface area contributed by atoms with Gasteiger partial charge in [-0.2, -0.15) is 4.31 Å². The molecule has 0 aromatic heterocycles. The highest BCUT2D eigenvalue weighted by atomic mass is 32.2. The molecule has 1 aliphatic carbocycles. The molecule has 0 saturated heterocycles. The molecule has 0 spiro atoms. The third-order valence-corrected chi connectivity index (χ3v) is 5.88. The quantitative estimate of drug-likeness (QED) is 0.787. The third kappa shape index (κ3) is 3.73. The summed E-state index contributed by atoms with van der Waals surface area (Å²) >= 11 is 0.